The normalized spacial score (nSPS) is 11.9. The SMILES string of the molecule is CCOC(=O)c1ccc(-c2ccc(C[NH2+][C@@H](C)c3ccccc3)o2)cc1. The molecule has 1 aromatic heterocycles. The fourth-order valence-electron chi connectivity index (χ4n) is 2.81. The molecule has 26 heavy (non-hydrogen) atoms. The molecule has 1 heterocycles. The van der Waals surface area contributed by atoms with Crippen LogP contribution >= 0.6 is 0 Å². The Morgan fingerprint density at radius 1 is 1.04 bits per heavy atom. The molecule has 0 spiro atoms. The molecule has 0 bridgehead atoms. The molecule has 1 atom stereocenters. The third-order valence-corrected chi connectivity index (χ3v) is 4.34. The van der Waals surface area contributed by atoms with Crippen LogP contribution in [0.4, 0.5) is 0 Å². The van der Waals surface area contributed by atoms with E-state index < -0.39 is 0 Å². The van der Waals surface area contributed by atoms with Crippen molar-refractivity contribution < 1.29 is 19.3 Å². The third-order valence-electron chi connectivity index (χ3n) is 4.34. The average molecular weight is 350 g/mol. The second-order valence-electron chi connectivity index (χ2n) is 6.20. The summed E-state index contributed by atoms with van der Waals surface area (Å²) in [6.07, 6.45) is 0. The number of rotatable bonds is 7. The van der Waals surface area contributed by atoms with Gasteiger partial charge in [-0.3, -0.25) is 0 Å². The molecule has 0 saturated carbocycles. The van der Waals surface area contributed by atoms with Gasteiger partial charge in [-0.15, -0.1) is 0 Å². The zero-order chi connectivity index (χ0) is 18.4. The predicted molar refractivity (Wildman–Crippen MR) is 101 cm³/mol. The molecule has 4 heteroatoms. The van der Waals surface area contributed by atoms with Gasteiger partial charge in [0.2, 0.25) is 0 Å². The van der Waals surface area contributed by atoms with Crippen LogP contribution in [-0.4, -0.2) is 12.6 Å². The van der Waals surface area contributed by atoms with Gasteiger partial charge in [-0.1, -0.05) is 42.5 Å². The van der Waals surface area contributed by atoms with Gasteiger partial charge in [0.15, 0.2) is 5.76 Å². The summed E-state index contributed by atoms with van der Waals surface area (Å²) >= 11 is 0. The number of hydrogen-bond acceptors (Lipinski definition) is 3. The number of carbonyl (C=O) groups excluding carboxylic acids is 1. The molecular formula is C22H24NO3+. The first kappa shape index (κ1) is 18.0. The summed E-state index contributed by atoms with van der Waals surface area (Å²) in [7, 11) is 0. The molecule has 4 nitrogen and oxygen atoms in total. The number of quaternary nitrogens is 1. The first-order chi connectivity index (χ1) is 12.7. The molecule has 0 aliphatic carbocycles. The van der Waals surface area contributed by atoms with E-state index in [4.69, 9.17) is 9.15 Å². The van der Waals surface area contributed by atoms with E-state index in [2.05, 4.69) is 36.5 Å². The maximum absolute atomic E-state index is 11.7. The molecule has 0 fully saturated rings. The number of carbonyl (C=O) groups is 1. The topological polar surface area (TPSA) is 56.0 Å². The molecule has 0 amide bonds. The average Bonchev–Trinajstić information content (AvgIpc) is 3.16. The number of hydrogen-bond donors (Lipinski definition) is 1. The second-order valence-corrected chi connectivity index (χ2v) is 6.20. The molecule has 134 valence electrons. The maximum atomic E-state index is 11.7. The van der Waals surface area contributed by atoms with Crippen LogP contribution in [0.25, 0.3) is 11.3 Å². The van der Waals surface area contributed by atoms with Gasteiger partial charge in [-0.05, 0) is 38.1 Å². The Bertz CT molecular complexity index is 837. The van der Waals surface area contributed by atoms with Crippen molar-refractivity contribution in [2.24, 2.45) is 0 Å². The Morgan fingerprint density at radius 2 is 1.77 bits per heavy atom. The number of esters is 1. The highest BCUT2D eigenvalue weighted by atomic mass is 16.5. The van der Waals surface area contributed by atoms with E-state index in [9.17, 15) is 4.79 Å². The van der Waals surface area contributed by atoms with Crippen LogP contribution in [-0.2, 0) is 11.3 Å². The summed E-state index contributed by atoms with van der Waals surface area (Å²) in [5.41, 5.74) is 2.79. The van der Waals surface area contributed by atoms with Gasteiger partial charge in [0.1, 0.15) is 18.3 Å². The summed E-state index contributed by atoms with van der Waals surface area (Å²) in [6, 6.07) is 22.1. The third kappa shape index (κ3) is 4.41. The Balaban J connectivity index is 1.61. The first-order valence-electron chi connectivity index (χ1n) is 8.92. The summed E-state index contributed by atoms with van der Waals surface area (Å²) in [6.45, 7) is 5.14. The Kier molecular flexibility index (Phi) is 5.87. The summed E-state index contributed by atoms with van der Waals surface area (Å²) in [4.78, 5) is 11.7. The van der Waals surface area contributed by atoms with Crippen molar-refractivity contribution in [3.63, 3.8) is 0 Å². The molecule has 0 radical (unpaired) electrons. The summed E-state index contributed by atoms with van der Waals surface area (Å²) in [5, 5.41) is 2.25. The molecule has 0 aliphatic rings. The molecule has 3 aromatic rings. The van der Waals surface area contributed by atoms with E-state index in [1.807, 2.05) is 30.3 Å². The lowest BCUT2D eigenvalue weighted by atomic mass is 10.1. The van der Waals surface area contributed by atoms with Crippen LogP contribution < -0.4 is 5.32 Å². The number of ether oxygens (including phenoxy) is 1. The Labute approximate surface area is 153 Å². The highest BCUT2D eigenvalue weighted by Crippen LogP contribution is 2.22. The Hall–Kier alpha value is -2.85. The van der Waals surface area contributed by atoms with Crippen molar-refractivity contribution >= 4 is 5.97 Å². The van der Waals surface area contributed by atoms with E-state index in [0.717, 1.165) is 23.6 Å². The van der Waals surface area contributed by atoms with Gasteiger partial charge in [0.25, 0.3) is 0 Å². The smallest absolute Gasteiger partial charge is 0.338 e. The monoisotopic (exact) mass is 350 g/mol. The van der Waals surface area contributed by atoms with Gasteiger partial charge < -0.3 is 14.5 Å². The van der Waals surface area contributed by atoms with Crippen LogP contribution in [0.1, 0.15) is 41.6 Å². The van der Waals surface area contributed by atoms with E-state index in [-0.39, 0.29) is 5.97 Å². The lowest BCUT2D eigenvalue weighted by molar-refractivity contribution is -0.709. The van der Waals surface area contributed by atoms with Crippen LogP contribution in [0.3, 0.4) is 0 Å². The van der Waals surface area contributed by atoms with Gasteiger partial charge in [0.05, 0.1) is 12.2 Å². The summed E-state index contributed by atoms with van der Waals surface area (Å²) < 4.78 is 11.0. The number of furan rings is 1. The van der Waals surface area contributed by atoms with Gasteiger partial charge in [0, 0.05) is 11.1 Å². The van der Waals surface area contributed by atoms with Gasteiger partial charge in [-0.2, -0.15) is 0 Å². The van der Waals surface area contributed by atoms with E-state index in [1.165, 1.54) is 5.56 Å². The highest BCUT2D eigenvalue weighted by Gasteiger charge is 2.12. The van der Waals surface area contributed by atoms with E-state index in [0.29, 0.717) is 18.2 Å². The quantitative estimate of drug-likeness (QED) is 0.657. The molecule has 0 saturated heterocycles. The lowest BCUT2D eigenvalue weighted by Gasteiger charge is -2.09. The molecule has 2 aromatic carbocycles. The van der Waals surface area contributed by atoms with Gasteiger partial charge >= 0.3 is 5.97 Å². The minimum absolute atomic E-state index is 0.302. The maximum Gasteiger partial charge on any atom is 0.338 e. The Morgan fingerprint density at radius 3 is 2.46 bits per heavy atom. The fourth-order valence-corrected chi connectivity index (χ4v) is 2.81. The van der Waals surface area contributed by atoms with Crippen LogP contribution in [0.2, 0.25) is 0 Å². The van der Waals surface area contributed by atoms with Crippen LogP contribution in [0, 0.1) is 0 Å². The van der Waals surface area contributed by atoms with E-state index >= 15 is 0 Å². The number of nitrogens with two attached hydrogens (primary N) is 1. The molecular weight excluding hydrogens is 326 g/mol. The number of benzene rings is 2. The molecule has 0 unspecified atom stereocenters. The second kappa shape index (κ2) is 8.50. The molecule has 0 aliphatic heterocycles. The predicted octanol–water partition coefficient (Wildman–Crippen LogP) is 3.95. The molecule has 2 N–H and O–H groups in total. The van der Waals surface area contributed by atoms with Crippen molar-refractivity contribution in [2.45, 2.75) is 26.4 Å². The molecule has 3 rings (SSSR count). The highest BCUT2D eigenvalue weighted by molar-refractivity contribution is 5.89. The van der Waals surface area contributed by atoms with Crippen molar-refractivity contribution in [3.05, 3.63) is 83.6 Å². The van der Waals surface area contributed by atoms with Crippen molar-refractivity contribution in [3.8, 4) is 11.3 Å². The minimum Gasteiger partial charge on any atom is -0.462 e. The fraction of sp³-hybridized carbons (Fsp3) is 0.227. The van der Waals surface area contributed by atoms with Gasteiger partial charge in [-0.25, -0.2) is 4.79 Å². The van der Waals surface area contributed by atoms with Crippen LogP contribution in [0.15, 0.2) is 71.1 Å². The van der Waals surface area contributed by atoms with Crippen molar-refractivity contribution in [2.75, 3.05) is 6.61 Å². The van der Waals surface area contributed by atoms with Crippen molar-refractivity contribution in [1.82, 2.24) is 0 Å². The first-order valence-corrected chi connectivity index (χ1v) is 8.92. The standard InChI is InChI=1S/C22H23NO3/c1-3-25-22(24)19-11-9-18(10-12-19)21-14-13-20(26-21)15-23-16(2)17-7-5-4-6-8-17/h4-14,16,23H,3,15H2,1-2H3/p+1/t16-/m0/s1. The largest absolute Gasteiger partial charge is 0.462 e. The van der Waals surface area contributed by atoms with Crippen molar-refractivity contribution in [1.29, 1.82) is 0 Å². The minimum atomic E-state index is -0.302. The summed E-state index contributed by atoms with van der Waals surface area (Å²) in [5.74, 6) is 1.43. The van der Waals surface area contributed by atoms with E-state index in [1.54, 1.807) is 19.1 Å². The zero-order valence-electron chi connectivity index (χ0n) is 15.1. The zero-order valence-corrected chi connectivity index (χ0v) is 15.1. The lowest BCUT2D eigenvalue weighted by Crippen LogP contribution is -2.82. The van der Waals surface area contributed by atoms with Crippen LogP contribution in [0.5, 0.6) is 0 Å².